The Kier molecular flexibility index (Phi) is 5.53. The standard InChI is InChI=1S/C17H11F2N3O3/c18-12-6-7-13(14(19)9-12)15(10-20)21-17(23)8-5-11-3-1-2-4-16(11)22(24)25/h1-9,15H,(H,21,23). The number of rotatable bonds is 5. The van der Waals surface area contributed by atoms with Gasteiger partial charge < -0.3 is 5.32 Å². The molecule has 8 heteroatoms. The topological polar surface area (TPSA) is 96.0 Å². The molecule has 0 radical (unpaired) electrons. The van der Waals surface area contributed by atoms with Crippen LogP contribution >= 0.6 is 0 Å². The first-order valence-electron chi connectivity index (χ1n) is 6.99. The van der Waals surface area contributed by atoms with Gasteiger partial charge in [0.1, 0.15) is 17.7 Å². The smallest absolute Gasteiger partial charge is 0.276 e. The van der Waals surface area contributed by atoms with Crippen molar-refractivity contribution in [3.8, 4) is 6.07 Å². The van der Waals surface area contributed by atoms with Gasteiger partial charge in [-0.3, -0.25) is 14.9 Å². The molecule has 1 N–H and O–H groups in total. The summed E-state index contributed by atoms with van der Waals surface area (Å²) in [6.07, 6.45) is 2.21. The highest BCUT2D eigenvalue weighted by Crippen LogP contribution is 2.20. The fourth-order valence-corrected chi connectivity index (χ4v) is 2.07. The third kappa shape index (κ3) is 4.45. The summed E-state index contributed by atoms with van der Waals surface area (Å²) in [7, 11) is 0. The van der Waals surface area contributed by atoms with Crippen molar-refractivity contribution in [3.05, 3.63) is 81.4 Å². The van der Waals surface area contributed by atoms with Gasteiger partial charge in [0.2, 0.25) is 5.91 Å². The molecule has 1 amide bonds. The lowest BCUT2D eigenvalue weighted by atomic mass is 10.1. The Bertz CT molecular complexity index is 891. The predicted octanol–water partition coefficient (Wildman–Crippen LogP) is 3.27. The number of nitro groups is 1. The number of nitrogens with one attached hydrogen (secondary N) is 1. The highest BCUT2D eigenvalue weighted by Gasteiger charge is 2.17. The molecule has 0 saturated carbocycles. The van der Waals surface area contributed by atoms with E-state index >= 15 is 0 Å². The Labute approximate surface area is 141 Å². The number of nitrogens with zero attached hydrogens (tertiary/aromatic N) is 2. The number of hydrogen-bond acceptors (Lipinski definition) is 4. The molecule has 6 nitrogen and oxygen atoms in total. The Morgan fingerprint density at radius 2 is 2.00 bits per heavy atom. The maximum absolute atomic E-state index is 13.7. The van der Waals surface area contributed by atoms with E-state index in [4.69, 9.17) is 5.26 Å². The zero-order chi connectivity index (χ0) is 18.4. The molecular formula is C17H11F2N3O3. The molecule has 0 saturated heterocycles. The molecule has 0 heterocycles. The second-order valence-electron chi connectivity index (χ2n) is 4.89. The molecule has 0 aliphatic heterocycles. The van der Waals surface area contributed by atoms with Crippen LogP contribution in [0.4, 0.5) is 14.5 Å². The molecule has 0 bridgehead atoms. The van der Waals surface area contributed by atoms with Crippen molar-refractivity contribution in [3.63, 3.8) is 0 Å². The average Bonchev–Trinajstić information content (AvgIpc) is 2.58. The number of carbonyl (C=O) groups excluding carboxylic acids is 1. The highest BCUT2D eigenvalue weighted by molar-refractivity contribution is 5.92. The number of halogens is 2. The van der Waals surface area contributed by atoms with E-state index in [1.165, 1.54) is 24.3 Å². The molecule has 0 aliphatic rings. The maximum Gasteiger partial charge on any atom is 0.276 e. The van der Waals surface area contributed by atoms with Gasteiger partial charge in [0, 0.05) is 23.8 Å². The van der Waals surface area contributed by atoms with Gasteiger partial charge in [0.15, 0.2) is 0 Å². The van der Waals surface area contributed by atoms with E-state index in [2.05, 4.69) is 5.32 Å². The van der Waals surface area contributed by atoms with Crippen molar-refractivity contribution in [2.45, 2.75) is 6.04 Å². The van der Waals surface area contributed by atoms with Gasteiger partial charge in [-0.1, -0.05) is 18.2 Å². The summed E-state index contributed by atoms with van der Waals surface area (Å²) in [6, 6.07) is 8.79. The minimum absolute atomic E-state index is 0.184. The minimum Gasteiger partial charge on any atom is -0.333 e. The van der Waals surface area contributed by atoms with E-state index in [-0.39, 0.29) is 16.8 Å². The normalized spacial score (nSPS) is 11.7. The first kappa shape index (κ1) is 17.7. The predicted molar refractivity (Wildman–Crippen MR) is 85.0 cm³/mol. The lowest BCUT2D eigenvalue weighted by Crippen LogP contribution is -2.26. The molecule has 2 aromatic carbocycles. The summed E-state index contributed by atoms with van der Waals surface area (Å²) < 4.78 is 26.6. The molecule has 0 aromatic heterocycles. The van der Waals surface area contributed by atoms with Crippen LogP contribution in [0.5, 0.6) is 0 Å². The molecule has 2 aromatic rings. The number of hydrogen-bond donors (Lipinski definition) is 1. The molecular weight excluding hydrogens is 332 g/mol. The van der Waals surface area contributed by atoms with Crippen LogP contribution in [0.2, 0.25) is 0 Å². The fourth-order valence-electron chi connectivity index (χ4n) is 2.07. The average molecular weight is 343 g/mol. The van der Waals surface area contributed by atoms with Crippen LogP contribution in [-0.2, 0) is 4.79 Å². The second kappa shape index (κ2) is 7.79. The number of amides is 1. The largest absolute Gasteiger partial charge is 0.333 e. The van der Waals surface area contributed by atoms with Gasteiger partial charge in [0.05, 0.1) is 16.6 Å². The Morgan fingerprint density at radius 1 is 1.28 bits per heavy atom. The second-order valence-corrected chi connectivity index (χ2v) is 4.89. The van der Waals surface area contributed by atoms with Crippen molar-refractivity contribution in [1.82, 2.24) is 5.32 Å². The number of benzene rings is 2. The van der Waals surface area contributed by atoms with Crippen LogP contribution in [0.25, 0.3) is 6.08 Å². The van der Waals surface area contributed by atoms with Crippen LogP contribution < -0.4 is 5.32 Å². The molecule has 126 valence electrons. The molecule has 1 atom stereocenters. The molecule has 0 aliphatic carbocycles. The van der Waals surface area contributed by atoms with Gasteiger partial charge >= 0.3 is 0 Å². The molecule has 0 spiro atoms. The summed E-state index contributed by atoms with van der Waals surface area (Å²) in [5.74, 6) is -2.52. The number of nitriles is 1. The third-order valence-corrected chi connectivity index (χ3v) is 3.24. The quantitative estimate of drug-likeness (QED) is 0.512. The Hall–Kier alpha value is -3.60. The van der Waals surface area contributed by atoms with Crippen LogP contribution in [0, 0.1) is 33.1 Å². The zero-order valence-electron chi connectivity index (χ0n) is 12.6. The van der Waals surface area contributed by atoms with Crippen LogP contribution in [0.3, 0.4) is 0 Å². The van der Waals surface area contributed by atoms with Crippen molar-refractivity contribution >= 4 is 17.7 Å². The minimum atomic E-state index is -1.33. The van der Waals surface area contributed by atoms with E-state index in [0.717, 1.165) is 18.2 Å². The summed E-state index contributed by atoms with van der Waals surface area (Å²) in [4.78, 5) is 22.2. The van der Waals surface area contributed by atoms with Crippen molar-refractivity contribution in [2.24, 2.45) is 0 Å². The number of nitro benzene ring substituents is 1. The highest BCUT2D eigenvalue weighted by atomic mass is 19.1. The first-order chi connectivity index (χ1) is 11.9. The van der Waals surface area contributed by atoms with Crippen LogP contribution in [-0.4, -0.2) is 10.8 Å². The number of carbonyl (C=O) groups is 1. The van der Waals surface area contributed by atoms with Crippen molar-refractivity contribution < 1.29 is 18.5 Å². The fraction of sp³-hybridized carbons (Fsp3) is 0.0588. The lowest BCUT2D eigenvalue weighted by molar-refractivity contribution is -0.385. The zero-order valence-corrected chi connectivity index (χ0v) is 12.6. The third-order valence-electron chi connectivity index (χ3n) is 3.24. The van der Waals surface area contributed by atoms with E-state index in [0.29, 0.717) is 6.07 Å². The Balaban J connectivity index is 2.16. The van der Waals surface area contributed by atoms with Crippen molar-refractivity contribution in [2.75, 3.05) is 0 Å². The lowest BCUT2D eigenvalue weighted by Gasteiger charge is -2.11. The summed E-state index contributed by atoms with van der Waals surface area (Å²) in [5, 5.41) is 22.2. The van der Waals surface area contributed by atoms with Gasteiger partial charge in [-0.05, 0) is 18.2 Å². The maximum atomic E-state index is 13.7. The SMILES string of the molecule is N#CC(NC(=O)C=Cc1ccccc1[N+](=O)[O-])c1ccc(F)cc1F. The Morgan fingerprint density at radius 3 is 2.64 bits per heavy atom. The van der Waals surface area contributed by atoms with Crippen molar-refractivity contribution in [1.29, 1.82) is 5.26 Å². The molecule has 0 fully saturated rings. The van der Waals surface area contributed by atoms with Crippen LogP contribution in [0.1, 0.15) is 17.2 Å². The summed E-state index contributed by atoms with van der Waals surface area (Å²) in [6.45, 7) is 0. The van der Waals surface area contributed by atoms with Crippen LogP contribution in [0.15, 0.2) is 48.5 Å². The first-order valence-corrected chi connectivity index (χ1v) is 6.99. The van der Waals surface area contributed by atoms with Gasteiger partial charge in [-0.2, -0.15) is 5.26 Å². The number of para-hydroxylation sites is 1. The van der Waals surface area contributed by atoms with Gasteiger partial charge in [0.25, 0.3) is 5.69 Å². The molecule has 1 unspecified atom stereocenters. The van der Waals surface area contributed by atoms with Gasteiger partial charge in [-0.15, -0.1) is 0 Å². The van der Waals surface area contributed by atoms with E-state index in [1.807, 2.05) is 0 Å². The summed E-state index contributed by atoms with van der Waals surface area (Å²) >= 11 is 0. The van der Waals surface area contributed by atoms with E-state index in [1.54, 1.807) is 12.1 Å². The monoisotopic (exact) mass is 343 g/mol. The van der Waals surface area contributed by atoms with E-state index < -0.39 is 28.5 Å². The molecule has 25 heavy (non-hydrogen) atoms. The van der Waals surface area contributed by atoms with E-state index in [9.17, 15) is 23.7 Å². The van der Waals surface area contributed by atoms with Gasteiger partial charge in [-0.25, -0.2) is 8.78 Å². The summed E-state index contributed by atoms with van der Waals surface area (Å²) in [5.41, 5.74) is -0.173. The molecule has 2 rings (SSSR count).